The Balaban J connectivity index is 1.51. The quantitative estimate of drug-likeness (QED) is 0.508. The van der Waals surface area contributed by atoms with Crippen LogP contribution in [0.5, 0.6) is 0 Å². The second kappa shape index (κ2) is 9.53. The summed E-state index contributed by atoms with van der Waals surface area (Å²) < 4.78 is 27.6. The highest BCUT2D eigenvalue weighted by atomic mass is 32.2. The molecule has 4 rings (SSSR count). The van der Waals surface area contributed by atoms with Crippen LogP contribution in [-0.2, 0) is 9.59 Å². The summed E-state index contributed by atoms with van der Waals surface area (Å²) in [6.45, 7) is 1.97. The monoisotopic (exact) mass is 452 g/mol. The highest BCUT2D eigenvalue weighted by Crippen LogP contribution is 2.42. The molecular weight excluding hydrogens is 430 g/mol. The lowest BCUT2D eigenvalue weighted by molar-refractivity contribution is -0.118. The van der Waals surface area contributed by atoms with Gasteiger partial charge in [0.15, 0.2) is 0 Å². The molecule has 0 aromatic heterocycles. The third-order valence-corrected chi connectivity index (χ3v) is 6.64. The van der Waals surface area contributed by atoms with Crippen molar-refractivity contribution in [1.29, 1.82) is 0 Å². The van der Waals surface area contributed by atoms with Gasteiger partial charge in [0.2, 0.25) is 11.8 Å². The van der Waals surface area contributed by atoms with E-state index in [4.69, 9.17) is 0 Å². The molecule has 1 fully saturated rings. The smallest absolute Gasteiger partial charge is 0.238 e. The lowest BCUT2D eigenvalue weighted by Crippen LogP contribution is -2.28. The maximum Gasteiger partial charge on any atom is 0.238 e. The van der Waals surface area contributed by atoms with Crippen LogP contribution < -0.4 is 10.2 Å². The average molecular weight is 453 g/mol. The summed E-state index contributed by atoms with van der Waals surface area (Å²) in [4.78, 5) is 26.6. The molecule has 0 radical (unpaired) electrons. The Morgan fingerprint density at radius 3 is 2.47 bits per heavy atom. The van der Waals surface area contributed by atoms with E-state index < -0.39 is 17.0 Å². The van der Waals surface area contributed by atoms with Gasteiger partial charge in [0.05, 0.1) is 17.4 Å². The Morgan fingerprint density at radius 2 is 1.81 bits per heavy atom. The zero-order valence-corrected chi connectivity index (χ0v) is 18.2. The molecular formula is C25H22F2N2O2S. The van der Waals surface area contributed by atoms with Crippen LogP contribution in [0.15, 0.2) is 72.8 Å². The Morgan fingerprint density at radius 1 is 1.09 bits per heavy atom. The van der Waals surface area contributed by atoms with Gasteiger partial charge in [0.25, 0.3) is 0 Å². The van der Waals surface area contributed by atoms with Gasteiger partial charge in [-0.15, -0.1) is 11.8 Å². The van der Waals surface area contributed by atoms with Crippen LogP contribution in [0.3, 0.4) is 0 Å². The highest BCUT2D eigenvalue weighted by molar-refractivity contribution is 8.00. The molecule has 0 spiro atoms. The van der Waals surface area contributed by atoms with Crippen molar-refractivity contribution >= 4 is 35.0 Å². The van der Waals surface area contributed by atoms with Gasteiger partial charge in [0.1, 0.15) is 17.0 Å². The number of benzene rings is 3. The average Bonchev–Trinajstić information content (AvgIpc) is 3.17. The van der Waals surface area contributed by atoms with E-state index in [1.165, 1.54) is 22.7 Å². The first kappa shape index (κ1) is 22.0. The Hall–Kier alpha value is -3.19. The minimum Gasteiger partial charge on any atom is -0.326 e. The topological polar surface area (TPSA) is 49.4 Å². The maximum atomic E-state index is 14.3. The Labute approximate surface area is 189 Å². The van der Waals surface area contributed by atoms with E-state index in [-0.39, 0.29) is 29.2 Å². The SMILES string of the molecule is CC[C@H](C(=O)Nc1ccc([C@@H]2SCC(=O)N2c2ccc(F)cc2F)cc1)c1ccccc1. The number of rotatable bonds is 6. The molecule has 1 saturated heterocycles. The van der Waals surface area contributed by atoms with E-state index in [1.54, 1.807) is 12.1 Å². The van der Waals surface area contributed by atoms with E-state index >= 15 is 0 Å². The number of carbonyl (C=O) groups is 2. The third-order valence-electron chi connectivity index (χ3n) is 5.43. The first-order valence-corrected chi connectivity index (χ1v) is 11.4. The first-order valence-electron chi connectivity index (χ1n) is 10.3. The number of carbonyl (C=O) groups excluding carboxylic acids is 2. The predicted octanol–water partition coefficient (Wildman–Crippen LogP) is 5.88. The largest absolute Gasteiger partial charge is 0.326 e. The number of hydrogen-bond acceptors (Lipinski definition) is 3. The first-order chi connectivity index (χ1) is 15.5. The van der Waals surface area contributed by atoms with Crippen molar-refractivity contribution in [3.05, 3.63) is 95.6 Å². The van der Waals surface area contributed by atoms with Crippen molar-refractivity contribution in [1.82, 2.24) is 0 Å². The summed E-state index contributed by atoms with van der Waals surface area (Å²) in [5.41, 5.74) is 2.44. The van der Waals surface area contributed by atoms with E-state index in [2.05, 4.69) is 5.32 Å². The fraction of sp³-hybridized carbons (Fsp3) is 0.200. The van der Waals surface area contributed by atoms with Gasteiger partial charge in [-0.2, -0.15) is 0 Å². The van der Waals surface area contributed by atoms with Crippen molar-refractivity contribution in [2.45, 2.75) is 24.6 Å². The lowest BCUT2D eigenvalue weighted by Gasteiger charge is -2.25. The Kier molecular flexibility index (Phi) is 6.55. The number of anilines is 2. The van der Waals surface area contributed by atoms with Crippen LogP contribution in [0, 0.1) is 11.6 Å². The molecule has 4 nitrogen and oxygen atoms in total. The summed E-state index contributed by atoms with van der Waals surface area (Å²) in [6, 6.07) is 20.0. The van der Waals surface area contributed by atoms with Crippen molar-refractivity contribution in [2.24, 2.45) is 0 Å². The summed E-state index contributed by atoms with van der Waals surface area (Å²) in [6.07, 6.45) is 0.674. The number of nitrogens with zero attached hydrogens (tertiary/aromatic N) is 1. The number of hydrogen-bond donors (Lipinski definition) is 1. The van der Waals surface area contributed by atoms with E-state index in [0.29, 0.717) is 12.1 Å². The number of halogens is 2. The molecule has 32 heavy (non-hydrogen) atoms. The summed E-state index contributed by atoms with van der Waals surface area (Å²) in [5, 5.41) is 2.52. The second-order valence-electron chi connectivity index (χ2n) is 7.51. The van der Waals surface area contributed by atoms with Gasteiger partial charge in [-0.1, -0.05) is 49.4 Å². The van der Waals surface area contributed by atoms with Gasteiger partial charge < -0.3 is 5.32 Å². The van der Waals surface area contributed by atoms with Gasteiger partial charge in [-0.05, 0) is 41.8 Å². The molecule has 3 aromatic rings. The van der Waals surface area contributed by atoms with Gasteiger partial charge >= 0.3 is 0 Å². The van der Waals surface area contributed by atoms with Crippen LogP contribution in [0.2, 0.25) is 0 Å². The Bertz CT molecular complexity index is 1120. The molecule has 1 N–H and O–H groups in total. The van der Waals surface area contributed by atoms with E-state index in [1.807, 2.05) is 49.4 Å². The summed E-state index contributed by atoms with van der Waals surface area (Å²) in [7, 11) is 0. The van der Waals surface area contributed by atoms with Gasteiger partial charge in [-0.25, -0.2) is 8.78 Å². The molecule has 7 heteroatoms. The molecule has 0 saturated carbocycles. The van der Waals surface area contributed by atoms with Crippen LogP contribution in [0.4, 0.5) is 20.2 Å². The second-order valence-corrected chi connectivity index (χ2v) is 8.57. The minimum atomic E-state index is -0.777. The molecule has 0 bridgehead atoms. The zero-order valence-electron chi connectivity index (χ0n) is 17.4. The fourth-order valence-electron chi connectivity index (χ4n) is 3.83. The van der Waals surface area contributed by atoms with Crippen LogP contribution in [0.1, 0.15) is 35.8 Å². The molecule has 0 unspecified atom stereocenters. The zero-order chi connectivity index (χ0) is 22.7. The predicted molar refractivity (Wildman–Crippen MR) is 124 cm³/mol. The molecule has 1 heterocycles. The van der Waals surface area contributed by atoms with Gasteiger partial charge in [-0.3, -0.25) is 14.5 Å². The highest BCUT2D eigenvalue weighted by Gasteiger charge is 2.35. The van der Waals surface area contributed by atoms with Crippen LogP contribution >= 0.6 is 11.8 Å². The van der Waals surface area contributed by atoms with E-state index in [9.17, 15) is 18.4 Å². The third kappa shape index (κ3) is 4.53. The van der Waals surface area contributed by atoms with Gasteiger partial charge in [0, 0.05) is 11.8 Å². The fourth-order valence-corrected chi connectivity index (χ4v) is 5.00. The normalized spacial score (nSPS) is 16.8. The maximum absolute atomic E-state index is 14.3. The molecule has 3 aromatic carbocycles. The minimum absolute atomic E-state index is 0.0532. The molecule has 0 aliphatic carbocycles. The number of nitrogens with one attached hydrogen (secondary N) is 1. The number of amides is 2. The van der Waals surface area contributed by atoms with Crippen molar-refractivity contribution in [3.63, 3.8) is 0 Å². The standard InChI is InChI=1S/C25H22F2N2O2S/c1-2-20(16-6-4-3-5-7-16)24(31)28-19-11-8-17(9-12-19)25-29(23(30)15-32-25)22-13-10-18(26)14-21(22)27/h3-14,20,25H,2,15H2,1H3,(H,28,31)/t20-,25-/m0/s1. The molecule has 1 aliphatic heterocycles. The lowest BCUT2D eigenvalue weighted by atomic mass is 9.95. The van der Waals surface area contributed by atoms with Crippen LogP contribution in [0.25, 0.3) is 0 Å². The molecule has 1 aliphatic rings. The summed E-state index contributed by atoms with van der Waals surface area (Å²) in [5.74, 6) is -1.85. The van der Waals surface area contributed by atoms with Crippen molar-refractivity contribution in [3.8, 4) is 0 Å². The van der Waals surface area contributed by atoms with Crippen molar-refractivity contribution in [2.75, 3.05) is 16.0 Å². The van der Waals surface area contributed by atoms with E-state index in [0.717, 1.165) is 23.3 Å². The van der Waals surface area contributed by atoms with Crippen molar-refractivity contribution < 1.29 is 18.4 Å². The molecule has 2 amide bonds. The summed E-state index contributed by atoms with van der Waals surface area (Å²) >= 11 is 1.37. The molecule has 2 atom stereocenters. The number of thioether (sulfide) groups is 1. The van der Waals surface area contributed by atoms with Crippen LogP contribution in [-0.4, -0.2) is 17.6 Å². The molecule has 164 valence electrons.